The molecular formula is C14H22. The van der Waals surface area contributed by atoms with Crippen molar-refractivity contribution in [3.8, 4) is 0 Å². The van der Waals surface area contributed by atoms with Gasteiger partial charge in [-0.2, -0.15) is 0 Å². The van der Waals surface area contributed by atoms with E-state index >= 15 is 0 Å². The van der Waals surface area contributed by atoms with Crippen molar-refractivity contribution in [1.29, 1.82) is 0 Å². The van der Waals surface area contributed by atoms with Crippen molar-refractivity contribution in [1.82, 2.24) is 0 Å². The molecule has 0 amide bonds. The summed E-state index contributed by atoms with van der Waals surface area (Å²) in [6.07, 6.45) is 3.82. The van der Waals surface area contributed by atoms with Gasteiger partial charge >= 0.3 is 0 Å². The molecule has 0 saturated heterocycles. The highest BCUT2D eigenvalue weighted by molar-refractivity contribution is 5.31. The van der Waals surface area contributed by atoms with Crippen LogP contribution < -0.4 is 0 Å². The van der Waals surface area contributed by atoms with E-state index in [9.17, 15) is 0 Å². The molecule has 0 fully saturated rings. The number of hydrogen-bond acceptors (Lipinski definition) is 0. The maximum atomic E-state index is 2.37. The Labute approximate surface area is 88.4 Å². The largest absolute Gasteiger partial charge is 0.0654 e. The maximum Gasteiger partial charge on any atom is -0.0219 e. The van der Waals surface area contributed by atoms with Gasteiger partial charge < -0.3 is 0 Å². The molecule has 0 N–H and O–H groups in total. The van der Waals surface area contributed by atoms with E-state index in [-0.39, 0.29) is 0 Å². The van der Waals surface area contributed by atoms with Gasteiger partial charge in [0.2, 0.25) is 0 Å². The summed E-state index contributed by atoms with van der Waals surface area (Å²) in [6, 6.07) is 7.00. The second-order valence-corrected chi connectivity index (χ2v) is 4.51. The first-order valence-corrected chi connectivity index (χ1v) is 5.74. The molecule has 0 heterocycles. The Hall–Kier alpha value is -0.780. The highest BCUT2D eigenvalue weighted by Gasteiger charge is 2.02. The van der Waals surface area contributed by atoms with E-state index in [1.165, 1.54) is 36.0 Å². The van der Waals surface area contributed by atoms with Gasteiger partial charge in [0.25, 0.3) is 0 Å². The lowest BCUT2D eigenvalue weighted by atomic mass is 9.96. The van der Waals surface area contributed by atoms with E-state index in [0.717, 1.165) is 0 Å². The fourth-order valence-corrected chi connectivity index (χ4v) is 1.75. The van der Waals surface area contributed by atoms with Crippen molar-refractivity contribution in [2.24, 2.45) is 0 Å². The fraction of sp³-hybridized carbons (Fsp3) is 0.571. The van der Waals surface area contributed by atoms with Gasteiger partial charge in [-0.3, -0.25) is 0 Å². The molecule has 0 spiro atoms. The van der Waals surface area contributed by atoms with Gasteiger partial charge in [-0.05, 0) is 36.8 Å². The summed E-state index contributed by atoms with van der Waals surface area (Å²) in [5.41, 5.74) is 4.40. The predicted octanol–water partition coefficient (Wildman–Crippen LogP) is 4.46. The van der Waals surface area contributed by atoms with Crippen molar-refractivity contribution in [2.45, 2.75) is 52.9 Å². The van der Waals surface area contributed by atoms with E-state index in [2.05, 4.69) is 45.9 Å². The number of aryl methyl sites for hydroxylation is 2. The quantitative estimate of drug-likeness (QED) is 0.657. The Morgan fingerprint density at radius 2 is 1.86 bits per heavy atom. The molecule has 0 unspecified atom stereocenters. The molecule has 1 rings (SSSR count). The smallest absolute Gasteiger partial charge is 0.0219 e. The van der Waals surface area contributed by atoms with E-state index in [4.69, 9.17) is 0 Å². The summed E-state index contributed by atoms with van der Waals surface area (Å²) in [5.74, 6) is 0.648. The second kappa shape index (κ2) is 5.19. The summed E-state index contributed by atoms with van der Waals surface area (Å²) < 4.78 is 0. The lowest BCUT2D eigenvalue weighted by Crippen LogP contribution is -1.93. The highest BCUT2D eigenvalue weighted by Crippen LogP contribution is 2.19. The van der Waals surface area contributed by atoms with Crippen molar-refractivity contribution in [3.05, 3.63) is 34.9 Å². The highest BCUT2D eigenvalue weighted by atomic mass is 14.1. The molecule has 1 aromatic carbocycles. The van der Waals surface area contributed by atoms with Crippen LogP contribution in [0.15, 0.2) is 18.2 Å². The lowest BCUT2D eigenvalue weighted by Gasteiger charge is -2.10. The minimum absolute atomic E-state index is 0.648. The number of benzene rings is 1. The molecular weight excluding hydrogens is 168 g/mol. The fourth-order valence-electron chi connectivity index (χ4n) is 1.75. The Bertz CT molecular complexity index is 284. The molecule has 0 bridgehead atoms. The summed E-state index contributed by atoms with van der Waals surface area (Å²) in [7, 11) is 0. The van der Waals surface area contributed by atoms with Gasteiger partial charge in [-0.25, -0.2) is 0 Å². The average Bonchev–Trinajstić information content (AvgIpc) is 2.14. The van der Waals surface area contributed by atoms with E-state index in [1.54, 1.807) is 0 Å². The maximum absolute atomic E-state index is 2.37. The van der Waals surface area contributed by atoms with Gasteiger partial charge in [0.15, 0.2) is 0 Å². The molecule has 1 aromatic rings. The van der Waals surface area contributed by atoms with Crippen LogP contribution >= 0.6 is 0 Å². The van der Waals surface area contributed by atoms with Crippen LogP contribution in [0.4, 0.5) is 0 Å². The Balaban J connectivity index is 2.84. The van der Waals surface area contributed by atoms with Crippen LogP contribution in [0.5, 0.6) is 0 Å². The van der Waals surface area contributed by atoms with Crippen LogP contribution in [0.2, 0.25) is 0 Å². The van der Waals surface area contributed by atoms with E-state index < -0.39 is 0 Å². The number of unbranched alkanes of at least 4 members (excludes halogenated alkanes) is 1. The molecule has 0 atom stereocenters. The number of rotatable bonds is 4. The van der Waals surface area contributed by atoms with Crippen LogP contribution in [0.25, 0.3) is 0 Å². The zero-order chi connectivity index (χ0) is 10.6. The monoisotopic (exact) mass is 190 g/mol. The molecule has 0 nitrogen and oxygen atoms in total. The van der Waals surface area contributed by atoms with Gasteiger partial charge in [0.1, 0.15) is 0 Å². The van der Waals surface area contributed by atoms with E-state index in [1.807, 2.05) is 0 Å². The summed E-state index contributed by atoms with van der Waals surface area (Å²) >= 11 is 0. The Morgan fingerprint density at radius 3 is 2.43 bits per heavy atom. The van der Waals surface area contributed by atoms with Crippen LogP contribution in [0.1, 0.15) is 56.2 Å². The van der Waals surface area contributed by atoms with Crippen molar-refractivity contribution in [3.63, 3.8) is 0 Å². The topological polar surface area (TPSA) is 0 Å². The van der Waals surface area contributed by atoms with Crippen molar-refractivity contribution >= 4 is 0 Å². The third kappa shape index (κ3) is 3.17. The summed E-state index contributed by atoms with van der Waals surface area (Å²) in [6.45, 7) is 8.97. The SMILES string of the molecule is CCCCc1cc(C)cc(C(C)C)c1. The molecule has 0 heteroatoms. The predicted molar refractivity (Wildman–Crippen MR) is 63.9 cm³/mol. The standard InChI is InChI=1S/C14H22/c1-5-6-7-13-8-12(4)9-14(10-13)11(2)3/h8-11H,5-7H2,1-4H3. The first kappa shape index (κ1) is 11.3. The molecule has 0 aromatic heterocycles. The lowest BCUT2D eigenvalue weighted by molar-refractivity contribution is 0.788. The summed E-state index contributed by atoms with van der Waals surface area (Å²) in [4.78, 5) is 0. The molecule has 14 heavy (non-hydrogen) atoms. The molecule has 0 radical (unpaired) electrons. The normalized spacial score (nSPS) is 10.9. The van der Waals surface area contributed by atoms with Gasteiger partial charge in [-0.15, -0.1) is 0 Å². The molecule has 78 valence electrons. The molecule has 0 aliphatic carbocycles. The molecule has 0 aliphatic heterocycles. The van der Waals surface area contributed by atoms with Gasteiger partial charge in [-0.1, -0.05) is 51.0 Å². The van der Waals surface area contributed by atoms with Crippen LogP contribution in [0.3, 0.4) is 0 Å². The zero-order valence-corrected chi connectivity index (χ0v) is 9.93. The van der Waals surface area contributed by atoms with Gasteiger partial charge in [0.05, 0.1) is 0 Å². The van der Waals surface area contributed by atoms with Crippen LogP contribution in [-0.2, 0) is 6.42 Å². The second-order valence-electron chi connectivity index (χ2n) is 4.51. The molecule has 0 aliphatic rings. The van der Waals surface area contributed by atoms with Crippen LogP contribution in [-0.4, -0.2) is 0 Å². The van der Waals surface area contributed by atoms with Crippen molar-refractivity contribution < 1.29 is 0 Å². The zero-order valence-electron chi connectivity index (χ0n) is 9.93. The first-order valence-electron chi connectivity index (χ1n) is 5.74. The first-order chi connectivity index (χ1) is 6.63. The average molecular weight is 190 g/mol. The summed E-state index contributed by atoms with van der Waals surface area (Å²) in [5, 5.41) is 0. The van der Waals surface area contributed by atoms with Crippen LogP contribution in [0, 0.1) is 6.92 Å². The Morgan fingerprint density at radius 1 is 1.14 bits per heavy atom. The van der Waals surface area contributed by atoms with Gasteiger partial charge in [0, 0.05) is 0 Å². The molecule has 0 saturated carbocycles. The third-order valence-electron chi connectivity index (χ3n) is 2.65. The van der Waals surface area contributed by atoms with E-state index in [0.29, 0.717) is 5.92 Å². The van der Waals surface area contributed by atoms with Crippen molar-refractivity contribution in [2.75, 3.05) is 0 Å². The minimum atomic E-state index is 0.648. The third-order valence-corrected chi connectivity index (χ3v) is 2.65. The number of hydrogen-bond donors (Lipinski definition) is 0. The Kier molecular flexibility index (Phi) is 4.19. The minimum Gasteiger partial charge on any atom is -0.0654 e.